The third kappa shape index (κ3) is 4.26. The first-order valence-electron chi connectivity index (χ1n) is 14.8. The topological polar surface area (TPSA) is 25.8 Å². The van der Waals surface area contributed by atoms with Gasteiger partial charge in [-0.1, -0.05) is 147 Å². The van der Waals surface area contributed by atoms with Crippen molar-refractivity contribution in [2.75, 3.05) is 0 Å². The highest BCUT2D eigenvalue weighted by Crippen LogP contribution is 2.51. The number of benzene rings is 6. The predicted molar refractivity (Wildman–Crippen MR) is 179 cm³/mol. The molecule has 2 nitrogen and oxygen atoms in total. The summed E-state index contributed by atoms with van der Waals surface area (Å²) in [4.78, 5) is 10.3. The Morgan fingerprint density at radius 2 is 0.977 bits per heavy atom. The maximum atomic E-state index is 5.17. The Kier molecular flexibility index (Phi) is 5.84. The molecule has 8 rings (SSSR count). The van der Waals surface area contributed by atoms with Crippen LogP contribution in [0.2, 0.25) is 0 Å². The standard InChI is InChI=1S/C41H30N2/c1-41(2)36-16-10-9-15-33(36)34-24-23-29-19-22-32(25-35(29)39(34)41)40-42-37(30-13-7-4-8-14-30)26-38(43-40)31-20-17-28(18-21-31)27-11-5-3-6-12-27/h3-26H,1-2H3. The lowest BCUT2D eigenvalue weighted by Gasteiger charge is -2.23. The molecule has 0 radical (unpaired) electrons. The van der Waals surface area contributed by atoms with E-state index in [2.05, 4.69) is 147 Å². The summed E-state index contributed by atoms with van der Waals surface area (Å²) in [5.74, 6) is 0.733. The quantitative estimate of drug-likeness (QED) is 0.218. The van der Waals surface area contributed by atoms with E-state index in [1.807, 2.05) is 12.1 Å². The second-order valence-electron chi connectivity index (χ2n) is 11.9. The normalized spacial score (nSPS) is 13.1. The molecule has 7 aromatic rings. The molecule has 0 saturated heterocycles. The minimum Gasteiger partial charge on any atom is -0.228 e. The Labute approximate surface area is 252 Å². The Bertz CT molecular complexity index is 2130. The van der Waals surface area contributed by atoms with E-state index in [4.69, 9.17) is 9.97 Å². The van der Waals surface area contributed by atoms with Gasteiger partial charge in [0.05, 0.1) is 11.4 Å². The fourth-order valence-corrected chi connectivity index (χ4v) is 6.70. The van der Waals surface area contributed by atoms with Crippen molar-refractivity contribution in [1.82, 2.24) is 9.97 Å². The maximum absolute atomic E-state index is 5.17. The first-order valence-corrected chi connectivity index (χ1v) is 14.8. The lowest BCUT2D eigenvalue weighted by Crippen LogP contribution is -2.15. The zero-order valence-corrected chi connectivity index (χ0v) is 24.3. The van der Waals surface area contributed by atoms with Crippen molar-refractivity contribution >= 4 is 10.8 Å². The Hall–Kier alpha value is -5.34. The van der Waals surface area contributed by atoms with E-state index in [0.717, 1.165) is 33.9 Å². The van der Waals surface area contributed by atoms with Crippen LogP contribution in [0.25, 0.3) is 66.9 Å². The molecule has 0 atom stereocenters. The van der Waals surface area contributed by atoms with Crippen LogP contribution in [0, 0.1) is 0 Å². The van der Waals surface area contributed by atoms with Crippen molar-refractivity contribution in [3.8, 4) is 56.2 Å². The molecule has 1 heterocycles. The van der Waals surface area contributed by atoms with Crippen LogP contribution in [0.3, 0.4) is 0 Å². The number of rotatable bonds is 4. The number of nitrogens with zero attached hydrogens (tertiary/aromatic N) is 2. The molecule has 6 aromatic carbocycles. The summed E-state index contributed by atoms with van der Waals surface area (Å²) in [7, 11) is 0. The van der Waals surface area contributed by atoms with Crippen LogP contribution in [-0.4, -0.2) is 9.97 Å². The summed E-state index contributed by atoms with van der Waals surface area (Å²) in [6.07, 6.45) is 0. The van der Waals surface area contributed by atoms with Crippen LogP contribution in [0.1, 0.15) is 25.0 Å². The van der Waals surface area contributed by atoms with Crippen LogP contribution in [0.5, 0.6) is 0 Å². The highest BCUT2D eigenvalue weighted by molar-refractivity contribution is 5.99. The van der Waals surface area contributed by atoms with Crippen LogP contribution in [0.15, 0.2) is 146 Å². The summed E-state index contributed by atoms with van der Waals surface area (Å²) in [5, 5.41) is 2.50. The molecule has 0 N–H and O–H groups in total. The predicted octanol–water partition coefficient (Wildman–Crippen LogP) is 10.6. The average molecular weight is 551 g/mol. The molecule has 2 heteroatoms. The van der Waals surface area contributed by atoms with Gasteiger partial charge in [0.1, 0.15) is 0 Å². The molecular weight excluding hydrogens is 520 g/mol. The summed E-state index contributed by atoms with van der Waals surface area (Å²) >= 11 is 0. The number of hydrogen-bond acceptors (Lipinski definition) is 2. The Morgan fingerprint density at radius 3 is 1.70 bits per heavy atom. The van der Waals surface area contributed by atoms with E-state index in [1.165, 1.54) is 44.2 Å². The van der Waals surface area contributed by atoms with E-state index < -0.39 is 0 Å². The van der Waals surface area contributed by atoms with Gasteiger partial charge in [0.25, 0.3) is 0 Å². The first kappa shape index (κ1) is 25.4. The van der Waals surface area contributed by atoms with Gasteiger partial charge >= 0.3 is 0 Å². The van der Waals surface area contributed by atoms with Crippen LogP contribution < -0.4 is 0 Å². The molecule has 0 amide bonds. The van der Waals surface area contributed by atoms with Crippen molar-refractivity contribution in [2.45, 2.75) is 19.3 Å². The third-order valence-electron chi connectivity index (χ3n) is 8.88. The molecule has 0 bridgehead atoms. The summed E-state index contributed by atoms with van der Waals surface area (Å²) in [6, 6.07) is 51.7. The van der Waals surface area contributed by atoms with Gasteiger partial charge in [-0.05, 0) is 56.3 Å². The van der Waals surface area contributed by atoms with Crippen LogP contribution in [0.4, 0.5) is 0 Å². The van der Waals surface area contributed by atoms with E-state index in [1.54, 1.807) is 0 Å². The number of fused-ring (bicyclic) bond motifs is 5. The zero-order valence-electron chi connectivity index (χ0n) is 24.3. The van der Waals surface area contributed by atoms with Gasteiger partial charge < -0.3 is 0 Å². The van der Waals surface area contributed by atoms with Gasteiger partial charge in [-0.25, -0.2) is 9.97 Å². The zero-order chi connectivity index (χ0) is 29.0. The van der Waals surface area contributed by atoms with Gasteiger partial charge in [0.15, 0.2) is 5.82 Å². The minimum absolute atomic E-state index is 0.0948. The summed E-state index contributed by atoms with van der Waals surface area (Å²) in [6.45, 7) is 4.68. The van der Waals surface area contributed by atoms with Crippen LogP contribution in [-0.2, 0) is 5.41 Å². The molecule has 0 unspecified atom stereocenters. The van der Waals surface area contributed by atoms with Crippen molar-refractivity contribution in [2.24, 2.45) is 0 Å². The monoisotopic (exact) mass is 550 g/mol. The third-order valence-corrected chi connectivity index (χ3v) is 8.88. The lowest BCUT2D eigenvalue weighted by molar-refractivity contribution is 0.666. The van der Waals surface area contributed by atoms with Gasteiger partial charge in [-0.3, -0.25) is 0 Å². The highest BCUT2D eigenvalue weighted by Gasteiger charge is 2.36. The van der Waals surface area contributed by atoms with E-state index in [-0.39, 0.29) is 5.41 Å². The molecule has 1 aliphatic carbocycles. The first-order chi connectivity index (χ1) is 21.1. The van der Waals surface area contributed by atoms with Crippen molar-refractivity contribution in [1.29, 1.82) is 0 Å². The number of hydrogen-bond donors (Lipinski definition) is 0. The van der Waals surface area contributed by atoms with E-state index >= 15 is 0 Å². The van der Waals surface area contributed by atoms with Gasteiger partial charge in [-0.2, -0.15) is 0 Å². The fraction of sp³-hybridized carbons (Fsp3) is 0.0732. The van der Waals surface area contributed by atoms with Crippen molar-refractivity contribution in [3.05, 3.63) is 157 Å². The molecule has 1 aliphatic rings. The van der Waals surface area contributed by atoms with Crippen LogP contribution >= 0.6 is 0 Å². The second kappa shape index (κ2) is 9.89. The Balaban J connectivity index is 1.29. The molecule has 0 fully saturated rings. The molecule has 0 spiro atoms. The maximum Gasteiger partial charge on any atom is 0.160 e. The summed E-state index contributed by atoms with van der Waals surface area (Å²) in [5.41, 5.74) is 12.7. The largest absolute Gasteiger partial charge is 0.228 e. The molecule has 0 saturated carbocycles. The number of aromatic nitrogens is 2. The molecule has 1 aromatic heterocycles. The lowest BCUT2D eigenvalue weighted by atomic mass is 9.80. The second-order valence-corrected chi connectivity index (χ2v) is 11.9. The molecule has 204 valence electrons. The Morgan fingerprint density at radius 1 is 0.442 bits per heavy atom. The molecule has 0 aliphatic heterocycles. The van der Waals surface area contributed by atoms with E-state index in [0.29, 0.717) is 0 Å². The molecule has 43 heavy (non-hydrogen) atoms. The van der Waals surface area contributed by atoms with Crippen molar-refractivity contribution in [3.63, 3.8) is 0 Å². The van der Waals surface area contributed by atoms with Gasteiger partial charge in [0.2, 0.25) is 0 Å². The van der Waals surface area contributed by atoms with E-state index in [9.17, 15) is 0 Å². The van der Waals surface area contributed by atoms with Gasteiger partial charge in [0, 0.05) is 22.1 Å². The highest BCUT2D eigenvalue weighted by atomic mass is 14.9. The SMILES string of the molecule is CC1(C)c2ccccc2-c2ccc3ccc(-c4nc(-c5ccccc5)cc(-c5ccc(-c6ccccc6)cc5)n4)cc3c21. The fourth-order valence-electron chi connectivity index (χ4n) is 6.70. The smallest absolute Gasteiger partial charge is 0.160 e. The summed E-state index contributed by atoms with van der Waals surface area (Å²) < 4.78 is 0. The van der Waals surface area contributed by atoms with Crippen molar-refractivity contribution < 1.29 is 0 Å². The van der Waals surface area contributed by atoms with Gasteiger partial charge in [-0.15, -0.1) is 0 Å². The minimum atomic E-state index is -0.0948. The average Bonchev–Trinajstić information content (AvgIpc) is 3.32. The molecular formula is C41H30N2.